The summed E-state index contributed by atoms with van der Waals surface area (Å²) in [6, 6.07) is 9.99. The van der Waals surface area contributed by atoms with Crippen LogP contribution in [-0.2, 0) is 36.8 Å². The van der Waals surface area contributed by atoms with Gasteiger partial charge in [-0.2, -0.15) is 0 Å². The minimum atomic E-state index is -1.33. The first-order chi connectivity index (χ1) is 19.3. The molecule has 0 fully saturated rings. The second-order valence-electron chi connectivity index (χ2n) is 10.3. The number of carbonyl (C=O) groups excluding carboxylic acids is 3. The number of carboxylic acids is 2. The van der Waals surface area contributed by atoms with Gasteiger partial charge in [0.15, 0.2) is 0 Å². The third-order valence-electron chi connectivity index (χ3n) is 6.25. The maximum Gasteiger partial charge on any atom is 0.326 e. The molecule has 0 saturated carbocycles. The van der Waals surface area contributed by atoms with Crippen LogP contribution in [0.4, 0.5) is 0 Å². The number of nitrogens with one attached hydrogen (secondary N) is 3. The topological polar surface area (TPSA) is 208 Å². The number of amides is 3. The molecule has 0 aliphatic carbocycles. The van der Waals surface area contributed by atoms with Crippen LogP contribution in [-0.4, -0.2) is 69.1 Å². The van der Waals surface area contributed by atoms with Crippen LogP contribution in [0, 0.1) is 5.92 Å². The Morgan fingerprint density at radius 1 is 0.732 bits per heavy atom. The first-order valence-electron chi connectivity index (χ1n) is 13.3. The summed E-state index contributed by atoms with van der Waals surface area (Å²) in [4.78, 5) is 62.4. The highest BCUT2D eigenvalue weighted by Gasteiger charge is 2.31. The molecule has 2 rings (SSSR count). The summed E-state index contributed by atoms with van der Waals surface area (Å²) in [5.41, 5.74) is 7.37. The maximum atomic E-state index is 13.3. The molecule has 0 heterocycles. The highest BCUT2D eigenvalue weighted by Crippen LogP contribution is 2.12. The molecule has 4 unspecified atom stereocenters. The molecule has 8 N–H and O–H groups in total. The van der Waals surface area contributed by atoms with Gasteiger partial charge in [-0.3, -0.25) is 19.2 Å². The van der Waals surface area contributed by atoms with Crippen LogP contribution in [0.3, 0.4) is 0 Å². The Hall–Kier alpha value is -4.45. The van der Waals surface area contributed by atoms with Gasteiger partial charge in [-0.05, 0) is 48.4 Å². The van der Waals surface area contributed by atoms with Crippen molar-refractivity contribution in [3.63, 3.8) is 0 Å². The lowest BCUT2D eigenvalue weighted by Crippen LogP contribution is -2.58. The number of hydrogen-bond acceptors (Lipinski definition) is 7. The van der Waals surface area contributed by atoms with Gasteiger partial charge < -0.3 is 37.0 Å². The fourth-order valence-corrected chi connectivity index (χ4v) is 4.09. The van der Waals surface area contributed by atoms with E-state index in [9.17, 15) is 39.3 Å². The molecule has 3 amide bonds. The van der Waals surface area contributed by atoms with E-state index in [1.54, 1.807) is 42.5 Å². The molecule has 0 aliphatic rings. The summed E-state index contributed by atoms with van der Waals surface area (Å²) in [5.74, 6) is -4.65. The molecule has 4 atom stereocenters. The van der Waals surface area contributed by atoms with E-state index in [4.69, 9.17) is 5.73 Å². The van der Waals surface area contributed by atoms with Crippen LogP contribution in [0.15, 0.2) is 54.6 Å². The number of aromatic hydroxyl groups is 1. The minimum Gasteiger partial charge on any atom is -0.508 e. The van der Waals surface area contributed by atoms with Gasteiger partial charge in [-0.25, -0.2) is 4.79 Å². The van der Waals surface area contributed by atoms with E-state index in [1.165, 1.54) is 12.1 Å². The SMILES string of the molecule is CC(C)CC(NC(=O)C(Cc1ccccc1)NC(=O)C(CCC(=O)O)NC(=O)C(N)Cc1ccc(O)cc1)C(=O)O. The number of rotatable bonds is 16. The minimum absolute atomic E-state index is 0.0202. The van der Waals surface area contributed by atoms with Crippen molar-refractivity contribution in [3.05, 3.63) is 65.7 Å². The number of carbonyl (C=O) groups is 5. The summed E-state index contributed by atoms with van der Waals surface area (Å²) < 4.78 is 0. The zero-order valence-electron chi connectivity index (χ0n) is 23.1. The van der Waals surface area contributed by atoms with Crippen molar-refractivity contribution in [1.82, 2.24) is 16.0 Å². The van der Waals surface area contributed by atoms with E-state index in [0.717, 1.165) is 0 Å². The largest absolute Gasteiger partial charge is 0.508 e. The average molecular weight is 571 g/mol. The number of benzene rings is 2. The Morgan fingerprint density at radius 3 is 1.83 bits per heavy atom. The molecule has 41 heavy (non-hydrogen) atoms. The monoisotopic (exact) mass is 570 g/mol. The summed E-state index contributed by atoms with van der Waals surface area (Å²) in [6.07, 6.45) is -0.444. The lowest BCUT2D eigenvalue weighted by Gasteiger charge is -2.25. The number of hydrogen-bond donors (Lipinski definition) is 7. The predicted octanol–water partition coefficient (Wildman–Crippen LogP) is 0.955. The van der Waals surface area contributed by atoms with E-state index >= 15 is 0 Å². The molecule has 2 aromatic rings. The number of phenolic OH excluding ortho intramolecular Hbond substituents is 1. The van der Waals surface area contributed by atoms with Crippen LogP contribution >= 0.6 is 0 Å². The number of nitrogens with two attached hydrogens (primary N) is 1. The Bertz CT molecular complexity index is 1190. The highest BCUT2D eigenvalue weighted by atomic mass is 16.4. The van der Waals surface area contributed by atoms with Crippen molar-refractivity contribution in [2.45, 2.75) is 70.1 Å². The van der Waals surface area contributed by atoms with Crippen LogP contribution in [0.2, 0.25) is 0 Å². The Labute approximate surface area is 238 Å². The maximum absolute atomic E-state index is 13.3. The zero-order chi connectivity index (χ0) is 30.5. The summed E-state index contributed by atoms with van der Waals surface area (Å²) >= 11 is 0. The molecule has 2 aromatic carbocycles. The van der Waals surface area contributed by atoms with Gasteiger partial charge >= 0.3 is 11.9 Å². The first kappa shape index (κ1) is 32.8. The highest BCUT2D eigenvalue weighted by molar-refractivity contribution is 5.94. The van der Waals surface area contributed by atoms with E-state index < -0.39 is 60.2 Å². The van der Waals surface area contributed by atoms with E-state index in [0.29, 0.717) is 11.1 Å². The van der Waals surface area contributed by atoms with Crippen LogP contribution in [0.5, 0.6) is 5.75 Å². The Kier molecular flexibility index (Phi) is 12.8. The lowest BCUT2D eigenvalue weighted by molar-refractivity contribution is -0.142. The normalized spacial score (nSPS) is 13.9. The molecule has 12 nitrogen and oxygen atoms in total. The molecule has 12 heteroatoms. The van der Waals surface area contributed by atoms with Gasteiger partial charge in [-0.1, -0.05) is 56.3 Å². The van der Waals surface area contributed by atoms with Gasteiger partial charge in [-0.15, -0.1) is 0 Å². The molecule has 222 valence electrons. The quantitative estimate of drug-likeness (QED) is 0.153. The van der Waals surface area contributed by atoms with Crippen LogP contribution in [0.25, 0.3) is 0 Å². The van der Waals surface area contributed by atoms with Gasteiger partial charge in [0.1, 0.15) is 23.9 Å². The molecular formula is C29H38N4O8. The number of carboxylic acid groups (broad SMARTS) is 2. The predicted molar refractivity (Wildman–Crippen MR) is 150 cm³/mol. The fourth-order valence-electron chi connectivity index (χ4n) is 4.09. The van der Waals surface area contributed by atoms with E-state index in [1.807, 2.05) is 13.8 Å². The van der Waals surface area contributed by atoms with Gasteiger partial charge in [0.25, 0.3) is 0 Å². The molecule has 0 aromatic heterocycles. The third-order valence-corrected chi connectivity index (χ3v) is 6.25. The van der Waals surface area contributed by atoms with E-state index in [-0.39, 0.29) is 37.4 Å². The summed E-state index contributed by atoms with van der Waals surface area (Å²) in [7, 11) is 0. The molecule has 0 radical (unpaired) electrons. The number of aliphatic carboxylic acids is 2. The van der Waals surface area contributed by atoms with Gasteiger partial charge in [0.05, 0.1) is 6.04 Å². The second-order valence-corrected chi connectivity index (χ2v) is 10.3. The smallest absolute Gasteiger partial charge is 0.326 e. The van der Waals surface area contributed by atoms with Crippen LogP contribution < -0.4 is 21.7 Å². The molecule has 0 saturated heterocycles. The van der Waals surface area contributed by atoms with Gasteiger partial charge in [0.2, 0.25) is 17.7 Å². The molecular weight excluding hydrogens is 532 g/mol. The molecule has 0 spiro atoms. The van der Waals surface area contributed by atoms with Crippen LogP contribution in [0.1, 0.15) is 44.2 Å². The fraction of sp³-hybridized carbons (Fsp3) is 0.414. The Balaban J connectivity index is 2.22. The van der Waals surface area contributed by atoms with E-state index in [2.05, 4.69) is 16.0 Å². The van der Waals surface area contributed by atoms with Gasteiger partial charge in [0, 0.05) is 12.8 Å². The van der Waals surface area contributed by atoms with Crippen molar-refractivity contribution in [3.8, 4) is 5.75 Å². The zero-order valence-corrected chi connectivity index (χ0v) is 23.1. The lowest BCUT2D eigenvalue weighted by atomic mass is 10.0. The van der Waals surface area contributed by atoms with Crippen molar-refractivity contribution in [2.75, 3.05) is 0 Å². The molecule has 0 bridgehead atoms. The third kappa shape index (κ3) is 11.7. The molecule has 0 aliphatic heterocycles. The summed E-state index contributed by atoms with van der Waals surface area (Å²) in [6.45, 7) is 3.63. The first-order valence-corrected chi connectivity index (χ1v) is 13.3. The standard InChI is InChI=1S/C29H38N4O8/c1-17(2)14-24(29(40)41)33-28(39)23(16-18-6-4-3-5-7-18)32-27(38)22(12-13-25(35)36)31-26(37)21(30)15-19-8-10-20(34)11-9-19/h3-11,17,21-24,34H,12-16,30H2,1-2H3,(H,31,37)(H,32,38)(H,33,39)(H,35,36)(H,40,41). The second kappa shape index (κ2) is 16.0. The van der Waals surface area contributed by atoms with Crippen molar-refractivity contribution < 1.29 is 39.3 Å². The van der Waals surface area contributed by atoms with Crippen molar-refractivity contribution in [2.24, 2.45) is 11.7 Å². The number of phenols is 1. The van der Waals surface area contributed by atoms with Crippen molar-refractivity contribution in [1.29, 1.82) is 0 Å². The average Bonchev–Trinajstić information content (AvgIpc) is 2.91. The summed E-state index contributed by atoms with van der Waals surface area (Å²) in [5, 5.41) is 35.7. The van der Waals surface area contributed by atoms with Crippen molar-refractivity contribution >= 4 is 29.7 Å². The Morgan fingerprint density at radius 2 is 1.27 bits per heavy atom.